The second-order valence-corrected chi connectivity index (χ2v) is 10.0. The summed E-state index contributed by atoms with van der Waals surface area (Å²) in [5.41, 5.74) is 7.46. The fourth-order valence-corrected chi connectivity index (χ4v) is 4.69. The standard InChI is InChI=1S/C15H25N3.C10H12N2.C5H10O.C2H6/c1-5-6-14-13(4)16-8-7-15(14)18-9-11(2)17-12(3)10-18;1-3-9-4-5-10-11-8(2)6-12(10)7-9;1-3-4-5(2)6;1-2/h7-8,11-12,17H,5-6,9-10H2,1-4H3;4-7H,3H2,1-2H3;3-4H2,1-2H3;1-2H3. The van der Waals surface area contributed by atoms with Crippen molar-refractivity contribution in [2.45, 2.75) is 113 Å². The number of carbonyl (C=O) groups excluding carboxylic acids is 1. The monoisotopic (exact) mass is 523 g/mol. The molecule has 1 aliphatic rings. The Morgan fingerprint density at radius 3 is 2.18 bits per heavy atom. The predicted molar refractivity (Wildman–Crippen MR) is 163 cm³/mol. The lowest BCUT2D eigenvalue weighted by molar-refractivity contribution is -0.117. The average Bonchev–Trinajstić information content (AvgIpc) is 3.26. The van der Waals surface area contributed by atoms with Crippen LogP contribution in [-0.2, 0) is 17.6 Å². The Morgan fingerprint density at radius 2 is 1.66 bits per heavy atom. The van der Waals surface area contributed by atoms with Crippen LogP contribution in [0.1, 0.15) is 97.2 Å². The van der Waals surface area contributed by atoms with Gasteiger partial charge >= 0.3 is 0 Å². The van der Waals surface area contributed by atoms with Gasteiger partial charge in [-0.15, -0.1) is 0 Å². The molecule has 0 bridgehead atoms. The van der Waals surface area contributed by atoms with Crippen molar-refractivity contribution < 1.29 is 4.79 Å². The van der Waals surface area contributed by atoms with Crippen LogP contribution in [0.15, 0.2) is 36.8 Å². The van der Waals surface area contributed by atoms with Crippen molar-refractivity contribution >= 4 is 17.1 Å². The van der Waals surface area contributed by atoms with Crippen molar-refractivity contribution in [3.05, 3.63) is 59.3 Å². The SMILES string of the molecule is CC.CCCC(C)=O.CCCc1c(N2CC(C)NC(C)C2)ccnc1C.CCc1ccc2nc(C)cn2c1. The topological polar surface area (TPSA) is 62.5 Å². The van der Waals surface area contributed by atoms with E-state index in [-0.39, 0.29) is 5.78 Å². The molecule has 2 unspecified atom stereocenters. The number of pyridine rings is 2. The molecule has 0 radical (unpaired) electrons. The van der Waals surface area contributed by atoms with E-state index in [1.807, 2.05) is 33.9 Å². The molecule has 6 nitrogen and oxygen atoms in total. The first-order valence-corrected chi connectivity index (χ1v) is 14.6. The number of ketones is 1. The molecule has 1 aliphatic heterocycles. The molecule has 3 aromatic rings. The number of piperazine rings is 1. The molecule has 0 spiro atoms. The van der Waals surface area contributed by atoms with Crippen molar-refractivity contribution in [1.82, 2.24) is 19.7 Å². The number of nitrogens with one attached hydrogen (secondary N) is 1. The molecule has 0 aromatic carbocycles. The molecule has 0 saturated carbocycles. The largest absolute Gasteiger partial charge is 0.368 e. The summed E-state index contributed by atoms with van der Waals surface area (Å²) in [5.74, 6) is 0.289. The van der Waals surface area contributed by atoms with Gasteiger partial charge in [-0.2, -0.15) is 0 Å². The maximum atomic E-state index is 10.0. The highest BCUT2D eigenvalue weighted by atomic mass is 16.1. The van der Waals surface area contributed by atoms with E-state index >= 15 is 0 Å². The van der Waals surface area contributed by atoms with Crippen molar-refractivity contribution in [2.24, 2.45) is 0 Å². The van der Waals surface area contributed by atoms with Crippen LogP contribution < -0.4 is 10.2 Å². The first-order chi connectivity index (χ1) is 18.2. The lowest BCUT2D eigenvalue weighted by Gasteiger charge is -2.38. The average molecular weight is 524 g/mol. The fourth-order valence-electron chi connectivity index (χ4n) is 4.69. The normalized spacial score (nSPS) is 16.4. The third-order valence-corrected chi connectivity index (χ3v) is 6.29. The minimum Gasteiger partial charge on any atom is -0.368 e. The van der Waals surface area contributed by atoms with Gasteiger partial charge in [0.2, 0.25) is 0 Å². The summed E-state index contributed by atoms with van der Waals surface area (Å²) in [6.45, 7) is 22.8. The van der Waals surface area contributed by atoms with Crippen LogP contribution in [0.5, 0.6) is 0 Å². The second-order valence-electron chi connectivity index (χ2n) is 10.0. The molecular weight excluding hydrogens is 470 g/mol. The summed E-state index contributed by atoms with van der Waals surface area (Å²) in [7, 11) is 0. The Labute approximate surface area is 232 Å². The Kier molecular flexibility index (Phi) is 15.5. The van der Waals surface area contributed by atoms with E-state index < -0.39 is 0 Å². The molecule has 38 heavy (non-hydrogen) atoms. The van der Waals surface area contributed by atoms with Gasteiger partial charge in [0.15, 0.2) is 0 Å². The van der Waals surface area contributed by atoms with Crippen molar-refractivity contribution in [3.63, 3.8) is 0 Å². The number of imidazole rings is 1. The van der Waals surface area contributed by atoms with Gasteiger partial charge in [0, 0.05) is 61.6 Å². The van der Waals surface area contributed by atoms with Gasteiger partial charge in [0.1, 0.15) is 11.4 Å². The minimum atomic E-state index is 0.289. The number of hydrogen-bond donors (Lipinski definition) is 1. The highest BCUT2D eigenvalue weighted by Gasteiger charge is 2.23. The van der Waals surface area contributed by atoms with E-state index in [1.165, 1.54) is 28.9 Å². The Morgan fingerprint density at radius 1 is 1.00 bits per heavy atom. The molecule has 1 fully saturated rings. The number of fused-ring (bicyclic) bond motifs is 1. The van der Waals surface area contributed by atoms with Crippen molar-refractivity contribution in [2.75, 3.05) is 18.0 Å². The predicted octanol–water partition coefficient (Wildman–Crippen LogP) is 7.14. The Bertz CT molecular complexity index is 1080. The molecule has 4 heterocycles. The van der Waals surface area contributed by atoms with Crippen LogP contribution in [0.2, 0.25) is 0 Å². The van der Waals surface area contributed by atoms with E-state index in [9.17, 15) is 4.79 Å². The van der Waals surface area contributed by atoms with Crippen LogP contribution in [0.25, 0.3) is 5.65 Å². The summed E-state index contributed by atoms with van der Waals surface area (Å²) < 4.78 is 2.08. The number of hydrogen-bond acceptors (Lipinski definition) is 5. The van der Waals surface area contributed by atoms with E-state index in [0.717, 1.165) is 50.1 Å². The summed E-state index contributed by atoms with van der Waals surface area (Å²) in [5, 5.41) is 3.59. The second kappa shape index (κ2) is 17.7. The molecule has 3 aromatic heterocycles. The smallest absolute Gasteiger partial charge is 0.136 e. The zero-order chi connectivity index (χ0) is 28.7. The van der Waals surface area contributed by atoms with Crippen molar-refractivity contribution in [3.8, 4) is 0 Å². The van der Waals surface area contributed by atoms with Crippen molar-refractivity contribution in [1.29, 1.82) is 0 Å². The molecule has 4 rings (SSSR count). The first-order valence-electron chi connectivity index (χ1n) is 14.6. The number of rotatable bonds is 6. The van der Waals surface area contributed by atoms with E-state index in [2.05, 4.69) is 89.8 Å². The highest BCUT2D eigenvalue weighted by molar-refractivity contribution is 5.75. The van der Waals surface area contributed by atoms with Gasteiger partial charge in [-0.1, -0.05) is 47.1 Å². The minimum absolute atomic E-state index is 0.289. The summed E-state index contributed by atoms with van der Waals surface area (Å²) in [4.78, 5) is 21.4. The maximum absolute atomic E-state index is 10.0. The first kappa shape index (κ1) is 33.3. The van der Waals surface area contributed by atoms with Gasteiger partial charge in [-0.3, -0.25) is 4.98 Å². The zero-order valence-electron chi connectivity index (χ0n) is 25.8. The number of nitrogens with zero attached hydrogens (tertiary/aromatic N) is 4. The van der Waals surface area contributed by atoms with Gasteiger partial charge in [0.25, 0.3) is 0 Å². The van der Waals surface area contributed by atoms with Gasteiger partial charge in [-0.25, -0.2) is 4.98 Å². The quantitative estimate of drug-likeness (QED) is 0.372. The van der Waals surface area contributed by atoms with Gasteiger partial charge in [0.05, 0.1) is 5.69 Å². The summed E-state index contributed by atoms with van der Waals surface area (Å²) >= 11 is 0. The molecule has 0 aliphatic carbocycles. The molecule has 0 amide bonds. The van der Waals surface area contributed by atoms with Gasteiger partial charge in [-0.05, 0) is 77.1 Å². The summed E-state index contributed by atoms with van der Waals surface area (Å²) in [6, 6.07) is 7.48. The van der Waals surface area contributed by atoms with Gasteiger partial charge < -0.3 is 19.4 Å². The zero-order valence-corrected chi connectivity index (χ0v) is 25.8. The van der Waals surface area contributed by atoms with Crippen LogP contribution in [0.3, 0.4) is 0 Å². The maximum Gasteiger partial charge on any atom is 0.136 e. The third-order valence-electron chi connectivity index (χ3n) is 6.29. The highest BCUT2D eigenvalue weighted by Crippen LogP contribution is 2.25. The number of carbonyl (C=O) groups is 1. The third kappa shape index (κ3) is 10.9. The number of Topliss-reactive ketones (excluding diaryl/α,β-unsaturated/α-hetero) is 1. The van der Waals surface area contributed by atoms with Crippen LogP contribution >= 0.6 is 0 Å². The molecule has 6 heteroatoms. The number of anilines is 1. The number of aromatic nitrogens is 3. The van der Waals surface area contributed by atoms with Crippen LogP contribution in [-0.4, -0.2) is 45.3 Å². The molecule has 1 N–H and O–H groups in total. The Balaban J connectivity index is 0.000000310. The molecule has 1 saturated heterocycles. The fraction of sp³-hybridized carbons (Fsp3) is 0.594. The lowest BCUT2D eigenvalue weighted by Crippen LogP contribution is -2.54. The van der Waals surface area contributed by atoms with Crippen LogP contribution in [0, 0.1) is 13.8 Å². The van der Waals surface area contributed by atoms with E-state index in [4.69, 9.17) is 0 Å². The Hall–Kier alpha value is -2.73. The van der Waals surface area contributed by atoms with E-state index in [0.29, 0.717) is 12.1 Å². The number of aryl methyl sites for hydroxylation is 3. The molecular formula is C32H53N5O. The molecule has 212 valence electrons. The van der Waals surface area contributed by atoms with Crippen LogP contribution in [0.4, 0.5) is 5.69 Å². The summed E-state index contributed by atoms with van der Waals surface area (Å²) in [6.07, 6.45) is 11.2. The molecule has 2 atom stereocenters. The lowest BCUT2D eigenvalue weighted by atomic mass is 10.0. The van der Waals surface area contributed by atoms with E-state index in [1.54, 1.807) is 6.92 Å².